The smallest absolute Gasteiger partial charge is 0.164 e. The topological polar surface area (TPSA) is 43.1 Å². The number of hydrogen-bond donors (Lipinski definition) is 1. The second-order valence-corrected chi connectivity index (χ2v) is 3.60. The minimum atomic E-state index is -0.00123. The van der Waals surface area contributed by atoms with E-state index in [-0.39, 0.29) is 5.78 Å². The van der Waals surface area contributed by atoms with Crippen LogP contribution in [0, 0.1) is 0 Å². The second kappa shape index (κ2) is 5.23. The lowest BCUT2D eigenvalue weighted by Crippen LogP contribution is -2.02. The number of carbonyl (C=O) groups excluding carboxylic acids is 1. The molecule has 0 aliphatic heterocycles. The maximum atomic E-state index is 11.5. The van der Waals surface area contributed by atoms with E-state index in [1.165, 1.54) is 0 Å². The zero-order valence-electron chi connectivity index (χ0n) is 7.59. The first-order valence-corrected chi connectivity index (χ1v) is 5.29. The molecule has 2 N–H and O–H groups in total. The molecular weight excluding hydrogens is 221 g/mol. The number of carbonyl (C=O) groups is 1. The van der Waals surface area contributed by atoms with Crippen molar-refractivity contribution in [3.63, 3.8) is 0 Å². The normalized spacial score (nSPS) is 10.1. The van der Waals surface area contributed by atoms with Crippen molar-refractivity contribution in [2.75, 3.05) is 11.6 Å². The Hall–Kier alpha value is -0.730. The summed E-state index contributed by atoms with van der Waals surface area (Å²) >= 11 is 11.1. The number of nitrogens with two attached hydrogens (primary N) is 1. The summed E-state index contributed by atoms with van der Waals surface area (Å²) in [6.07, 6.45) is 0.326. The number of hydrogen-bond acceptors (Lipinski definition) is 2. The van der Waals surface area contributed by atoms with Gasteiger partial charge in [0.2, 0.25) is 0 Å². The largest absolute Gasteiger partial charge is 0.399 e. The van der Waals surface area contributed by atoms with Crippen LogP contribution in [0.1, 0.15) is 22.3 Å². The number of ketones is 1. The zero-order valence-corrected chi connectivity index (χ0v) is 9.11. The second-order valence-electron chi connectivity index (χ2n) is 2.96. The van der Waals surface area contributed by atoms with Crippen LogP contribution in [-0.4, -0.2) is 11.7 Å². The van der Waals surface area contributed by atoms with E-state index in [0.29, 0.717) is 29.4 Å². The molecule has 0 aliphatic carbocycles. The molecule has 2 nitrogen and oxygen atoms in total. The number of benzene rings is 1. The summed E-state index contributed by atoms with van der Waals surface area (Å²) in [5.41, 5.74) is 7.62. The molecule has 14 heavy (non-hydrogen) atoms. The predicted octanol–water partition coefficient (Wildman–Crippen LogP) is 2.82. The Morgan fingerprint density at radius 1 is 1.29 bits per heavy atom. The van der Waals surface area contributed by atoms with Gasteiger partial charge in [0.25, 0.3) is 0 Å². The minimum absolute atomic E-state index is 0.00123. The lowest BCUT2D eigenvalue weighted by Gasteiger charge is -2.03. The van der Waals surface area contributed by atoms with Gasteiger partial charge in [0.1, 0.15) is 0 Å². The average molecular weight is 232 g/mol. The molecule has 0 saturated carbocycles. The van der Waals surface area contributed by atoms with Gasteiger partial charge in [0.15, 0.2) is 5.78 Å². The van der Waals surface area contributed by atoms with Gasteiger partial charge in [-0.3, -0.25) is 4.79 Å². The van der Waals surface area contributed by atoms with Crippen LogP contribution in [0.25, 0.3) is 0 Å². The molecule has 1 aromatic rings. The molecule has 0 amide bonds. The van der Waals surface area contributed by atoms with E-state index in [1.54, 1.807) is 18.2 Å². The number of alkyl halides is 2. The van der Waals surface area contributed by atoms with Crippen molar-refractivity contribution >= 4 is 34.7 Å². The predicted molar refractivity (Wildman–Crippen MR) is 60.1 cm³/mol. The van der Waals surface area contributed by atoms with Gasteiger partial charge in [-0.1, -0.05) is 0 Å². The van der Waals surface area contributed by atoms with E-state index in [2.05, 4.69) is 0 Å². The maximum absolute atomic E-state index is 11.5. The van der Waals surface area contributed by atoms with Crippen molar-refractivity contribution in [2.45, 2.75) is 12.3 Å². The number of Topliss-reactive ketones (excluding diaryl/α,β-unsaturated/α-hetero) is 1. The Morgan fingerprint density at radius 3 is 2.57 bits per heavy atom. The summed E-state index contributed by atoms with van der Waals surface area (Å²) in [5, 5.41) is 0. The van der Waals surface area contributed by atoms with Gasteiger partial charge in [-0.2, -0.15) is 0 Å². The summed E-state index contributed by atoms with van der Waals surface area (Å²) < 4.78 is 0. The van der Waals surface area contributed by atoms with E-state index in [0.717, 1.165) is 5.56 Å². The Balaban J connectivity index is 2.96. The molecule has 4 heteroatoms. The fourth-order valence-electron chi connectivity index (χ4n) is 1.19. The van der Waals surface area contributed by atoms with Crippen LogP contribution in [0.2, 0.25) is 0 Å². The van der Waals surface area contributed by atoms with Crippen LogP contribution >= 0.6 is 23.2 Å². The fourth-order valence-corrected chi connectivity index (χ4v) is 1.51. The van der Waals surface area contributed by atoms with E-state index < -0.39 is 0 Å². The molecule has 0 saturated heterocycles. The Morgan fingerprint density at radius 2 is 2.00 bits per heavy atom. The third-order valence-electron chi connectivity index (χ3n) is 1.81. The Kier molecular flexibility index (Phi) is 4.23. The highest BCUT2D eigenvalue weighted by molar-refractivity contribution is 6.19. The summed E-state index contributed by atoms with van der Waals surface area (Å²) in [6.45, 7) is 0. The van der Waals surface area contributed by atoms with Crippen molar-refractivity contribution in [2.24, 2.45) is 0 Å². The third-order valence-corrected chi connectivity index (χ3v) is 2.31. The summed E-state index contributed by atoms with van der Waals surface area (Å²) in [6, 6.07) is 5.15. The van der Waals surface area contributed by atoms with Gasteiger partial charge in [-0.25, -0.2) is 0 Å². The minimum Gasteiger partial charge on any atom is -0.399 e. The van der Waals surface area contributed by atoms with Crippen molar-refractivity contribution in [1.29, 1.82) is 0 Å². The van der Waals surface area contributed by atoms with Crippen molar-refractivity contribution in [3.05, 3.63) is 29.3 Å². The van der Waals surface area contributed by atoms with E-state index in [9.17, 15) is 4.79 Å². The number of halogens is 2. The monoisotopic (exact) mass is 231 g/mol. The number of rotatable bonds is 4. The van der Waals surface area contributed by atoms with E-state index in [4.69, 9.17) is 28.9 Å². The van der Waals surface area contributed by atoms with Gasteiger partial charge in [0, 0.05) is 29.4 Å². The number of anilines is 1. The zero-order chi connectivity index (χ0) is 10.6. The SMILES string of the molecule is Nc1cc(CCl)cc(C(=O)CCCl)c1. The standard InChI is InChI=1S/C10H11Cl2NO/c11-2-1-10(14)8-3-7(6-12)4-9(13)5-8/h3-5H,1-2,6,13H2. The third kappa shape index (κ3) is 2.89. The molecule has 1 aromatic carbocycles. The van der Waals surface area contributed by atoms with Crippen molar-refractivity contribution in [1.82, 2.24) is 0 Å². The molecule has 0 unspecified atom stereocenters. The van der Waals surface area contributed by atoms with Gasteiger partial charge >= 0.3 is 0 Å². The fraction of sp³-hybridized carbons (Fsp3) is 0.300. The van der Waals surface area contributed by atoms with Crippen molar-refractivity contribution in [3.8, 4) is 0 Å². The van der Waals surface area contributed by atoms with Gasteiger partial charge in [-0.15, -0.1) is 23.2 Å². The average Bonchev–Trinajstić information content (AvgIpc) is 2.17. The lowest BCUT2D eigenvalue weighted by atomic mass is 10.1. The molecule has 1 rings (SSSR count). The molecular formula is C10H11Cl2NO. The van der Waals surface area contributed by atoms with Crippen LogP contribution < -0.4 is 5.73 Å². The number of nitrogen functional groups attached to an aromatic ring is 1. The first-order valence-electron chi connectivity index (χ1n) is 4.22. The van der Waals surface area contributed by atoms with Crippen LogP contribution in [0.3, 0.4) is 0 Å². The first-order chi connectivity index (χ1) is 6.67. The Bertz CT molecular complexity index is 339. The molecule has 0 aliphatic rings. The van der Waals surface area contributed by atoms with Crippen LogP contribution in [0.4, 0.5) is 5.69 Å². The van der Waals surface area contributed by atoms with Crippen LogP contribution in [0.5, 0.6) is 0 Å². The van der Waals surface area contributed by atoms with Gasteiger partial charge < -0.3 is 5.73 Å². The highest BCUT2D eigenvalue weighted by Gasteiger charge is 2.06. The molecule has 0 heterocycles. The first kappa shape index (κ1) is 11.3. The quantitative estimate of drug-likeness (QED) is 0.492. The molecule has 0 bridgehead atoms. The summed E-state index contributed by atoms with van der Waals surface area (Å²) in [4.78, 5) is 11.5. The molecule has 76 valence electrons. The molecule has 0 aromatic heterocycles. The highest BCUT2D eigenvalue weighted by atomic mass is 35.5. The van der Waals surface area contributed by atoms with E-state index >= 15 is 0 Å². The summed E-state index contributed by atoms with van der Waals surface area (Å²) in [7, 11) is 0. The molecule has 0 fully saturated rings. The van der Waals surface area contributed by atoms with Gasteiger partial charge in [0.05, 0.1) is 0 Å². The molecule has 0 atom stereocenters. The lowest BCUT2D eigenvalue weighted by molar-refractivity contribution is 0.0989. The Labute approximate surface area is 93.0 Å². The van der Waals surface area contributed by atoms with Gasteiger partial charge in [-0.05, 0) is 23.8 Å². The van der Waals surface area contributed by atoms with Crippen molar-refractivity contribution < 1.29 is 4.79 Å². The molecule has 0 radical (unpaired) electrons. The summed E-state index contributed by atoms with van der Waals surface area (Å²) in [5.74, 6) is 0.675. The molecule has 0 spiro atoms. The van der Waals surface area contributed by atoms with Crippen LogP contribution in [0.15, 0.2) is 18.2 Å². The van der Waals surface area contributed by atoms with Crippen LogP contribution in [-0.2, 0) is 5.88 Å². The maximum Gasteiger partial charge on any atom is 0.164 e. The highest BCUT2D eigenvalue weighted by Crippen LogP contribution is 2.15. The van der Waals surface area contributed by atoms with E-state index in [1.807, 2.05) is 0 Å².